The molecule has 2 aromatic rings. The van der Waals surface area contributed by atoms with Crippen LogP contribution in [-0.2, 0) is 0 Å². The fourth-order valence-corrected chi connectivity index (χ4v) is 3.24. The third-order valence-corrected chi connectivity index (χ3v) is 7.10. The lowest BCUT2D eigenvalue weighted by Gasteiger charge is -2.19. The van der Waals surface area contributed by atoms with Crippen LogP contribution in [0.4, 0.5) is 0 Å². The van der Waals surface area contributed by atoms with E-state index in [1.165, 1.54) is 0 Å². The minimum absolute atomic E-state index is 0.485. The van der Waals surface area contributed by atoms with Crippen molar-refractivity contribution in [2.75, 3.05) is 26.4 Å². The summed E-state index contributed by atoms with van der Waals surface area (Å²) >= 11 is 0. The maximum absolute atomic E-state index is 6.26. The molecule has 0 fully saturated rings. The molecular weight excluding hydrogens is 448 g/mol. The van der Waals surface area contributed by atoms with Gasteiger partial charge in [0.1, 0.15) is 0 Å². The highest BCUT2D eigenvalue weighted by Crippen LogP contribution is 2.38. The second kappa shape index (κ2) is 15.7. The average Bonchev–Trinajstić information content (AvgIpc) is 2.91. The lowest BCUT2D eigenvalue weighted by molar-refractivity contribution is 0.217. The van der Waals surface area contributed by atoms with E-state index >= 15 is 0 Å². The predicted octanol–water partition coefficient (Wildman–Crippen LogP) is 9.05. The monoisotopic (exact) mass is 498 g/mol. The average molecular weight is 499 g/mol. The first kappa shape index (κ1) is 29.9. The molecule has 0 aliphatic heterocycles. The molecule has 0 aromatic heterocycles. The molecule has 0 amide bonds. The molecule has 0 saturated heterocycles. The van der Waals surface area contributed by atoms with Crippen LogP contribution in [0.2, 0.25) is 0 Å². The third-order valence-electron chi connectivity index (χ3n) is 7.10. The van der Waals surface area contributed by atoms with Gasteiger partial charge < -0.3 is 18.9 Å². The Morgan fingerprint density at radius 1 is 0.444 bits per heavy atom. The van der Waals surface area contributed by atoms with E-state index < -0.39 is 0 Å². The number of benzene rings is 2. The van der Waals surface area contributed by atoms with E-state index in [4.69, 9.17) is 18.9 Å². The lowest BCUT2D eigenvalue weighted by Crippen LogP contribution is -2.11. The van der Waals surface area contributed by atoms with Gasteiger partial charge in [0.05, 0.1) is 26.4 Å². The Morgan fingerprint density at radius 2 is 0.722 bits per heavy atom. The van der Waals surface area contributed by atoms with Crippen LogP contribution < -0.4 is 18.9 Å². The Labute approximate surface area is 220 Å². The normalized spacial score (nSPS) is 14.6. The van der Waals surface area contributed by atoms with Crippen molar-refractivity contribution in [2.24, 2.45) is 23.7 Å². The number of hydrogen-bond donors (Lipinski definition) is 0. The van der Waals surface area contributed by atoms with Crippen molar-refractivity contribution in [1.82, 2.24) is 0 Å². The Morgan fingerprint density at radius 3 is 1.00 bits per heavy atom. The minimum atomic E-state index is 0.485. The van der Waals surface area contributed by atoms with Crippen LogP contribution in [0.25, 0.3) is 11.1 Å². The zero-order chi connectivity index (χ0) is 26.5. The van der Waals surface area contributed by atoms with Gasteiger partial charge in [-0.1, -0.05) is 93.2 Å². The van der Waals surface area contributed by atoms with Crippen molar-refractivity contribution in [2.45, 2.75) is 81.1 Å². The van der Waals surface area contributed by atoms with E-state index in [0.717, 1.165) is 59.8 Å². The fraction of sp³-hybridized carbons (Fsp3) is 0.625. The highest BCUT2D eigenvalue weighted by atomic mass is 16.5. The molecule has 2 rings (SSSR count). The molecule has 36 heavy (non-hydrogen) atoms. The topological polar surface area (TPSA) is 36.9 Å². The van der Waals surface area contributed by atoms with Gasteiger partial charge >= 0.3 is 0 Å². The Hall–Kier alpha value is -2.36. The maximum Gasteiger partial charge on any atom is 0.161 e. The molecule has 4 atom stereocenters. The summed E-state index contributed by atoms with van der Waals surface area (Å²) in [5.41, 5.74) is 2.15. The molecule has 4 heteroatoms. The van der Waals surface area contributed by atoms with Gasteiger partial charge in [-0.05, 0) is 59.1 Å². The molecule has 4 nitrogen and oxygen atoms in total. The first-order chi connectivity index (χ1) is 17.3. The Kier molecular flexibility index (Phi) is 13.0. The Bertz CT molecular complexity index is 820. The Balaban J connectivity index is 2.36. The number of hydrogen-bond acceptors (Lipinski definition) is 4. The zero-order valence-electron chi connectivity index (χ0n) is 24.1. The van der Waals surface area contributed by atoms with Gasteiger partial charge in [0.25, 0.3) is 0 Å². The van der Waals surface area contributed by atoms with Gasteiger partial charge in [-0.2, -0.15) is 0 Å². The van der Waals surface area contributed by atoms with Crippen LogP contribution in [0.15, 0.2) is 36.4 Å². The van der Waals surface area contributed by atoms with Crippen LogP contribution in [0, 0.1) is 23.7 Å². The van der Waals surface area contributed by atoms with E-state index in [1.54, 1.807) is 0 Å². The molecule has 0 radical (unpaired) electrons. The van der Waals surface area contributed by atoms with Gasteiger partial charge in [-0.25, -0.2) is 0 Å². The van der Waals surface area contributed by atoms with E-state index in [-0.39, 0.29) is 0 Å². The summed E-state index contributed by atoms with van der Waals surface area (Å²) in [6, 6.07) is 12.5. The van der Waals surface area contributed by atoms with E-state index in [1.807, 2.05) is 12.1 Å². The molecular formula is C32H50O4. The highest BCUT2D eigenvalue weighted by Gasteiger charge is 2.15. The molecule has 0 saturated carbocycles. The fourth-order valence-electron chi connectivity index (χ4n) is 3.24. The summed E-state index contributed by atoms with van der Waals surface area (Å²) in [6.45, 7) is 20.3. The quantitative estimate of drug-likeness (QED) is 0.218. The molecule has 0 bridgehead atoms. The summed E-state index contributed by atoms with van der Waals surface area (Å²) in [5, 5.41) is 0. The molecule has 0 aliphatic carbocycles. The summed E-state index contributed by atoms with van der Waals surface area (Å²) in [4.78, 5) is 0. The van der Waals surface area contributed by atoms with Crippen molar-refractivity contribution in [3.05, 3.63) is 36.4 Å². The van der Waals surface area contributed by atoms with Crippen molar-refractivity contribution in [3.8, 4) is 34.1 Å². The minimum Gasteiger partial charge on any atom is -0.489 e. The lowest BCUT2D eigenvalue weighted by atomic mass is 10.0. The largest absolute Gasteiger partial charge is 0.489 e. The standard InChI is InChI=1S/C32H50O4/c1-9-23(5)19-33-29-15-13-27(17-31(29)35-21-25(7)11-3)28-14-16-30(34-20-24(6)10-2)32(18-28)36-22-26(8)12-4/h13-18,23-26H,9-12,19-22H2,1-8H3. The van der Waals surface area contributed by atoms with E-state index in [0.29, 0.717) is 50.1 Å². The first-order valence-electron chi connectivity index (χ1n) is 14.1. The van der Waals surface area contributed by atoms with Crippen molar-refractivity contribution in [3.63, 3.8) is 0 Å². The van der Waals surface area contributed by atoms with Gasteiger partial charge in [0.15, 0.2) is 23.0 Å². The molecule has 4 unspecified atom stereocenters. The molecule has 0 heterocycles. The van der Waals surface area contributed by atoms with Gasteiger partial charge in [-0.15, -0.1) is 0 Å². The third kappa shape index (κ3) is 9.59. The van der Waals surface area contributed by atoms with Crippen LogP contribution in [0.3, 0.4) is 0 Å². The second-order valence-corrected chi connectivity index (χ2v) is 10.6. The van der Waals surface area contributed by atoms with E-state index in [9.17, 15) is 0 Å². The van der Waals surface area contributed by atoms with Crippen molar-refractivity contribution in [1.29, 1.82) is 0 Å². The van der Waals surface area contributed by atoms with E-state index in [2.05, 4.69) is 79.7 Å². The van der Waals surface area contributed by atoms with Gasteiger partial charge in [0.2, 0.25) is 0 Å². The van der Waals surface area contributed by atoms with Crippen molar-refractivity contribution < 1.29 is 18.9 Å². The zero-order valence-corrected chi connectivity index (χ0v) is 24.1. The summed E-state index contributed by atoms with van der Waals surface area (Å²) in [5.74, 6) is 5.19. The summed E-state index contributed by atoms with van der Waals surface area (Å²) in [6.07, 6.45) is 4.34. The highest BCUT2D eigenvalue weighted by molar-refractivity contribution is 5.70. The molecule has 202 valence electrons. The van der Waals surface area contributed by atoms with Gasteiger partial charge in [-0.3, -0.25) is 0 Å². The molecule has 2 aromatic carbocycles. The molecule has 0 aliphatic rings. The van der Waals surface area contributed by atoms with Crippen LogP contribution in [0.5, 0.6) is 23.0 Å². The summed E-state index contributed by atoms with van der Waals surface area (Å²) < 4.78 is 24.8. The number of rotatable bonds is 17. The van der Waals surface area contributed by atoms with Crippen LogP contribution >= 0.6 is 0 Å². The smallest absolute Gasteiger partial charge is 0.161 e. The maximum atomic E-state index is 6.26. The number of ether oxygens (including phenoxy) is 4. The SMILES string of the molecule is CCC(C)COc1ccc(-c2ccc(OCC(C)CC)c(OCC(C)CC)c2)cc1OCC(C)CC. The summed E-state index contributed by atoms with van der Waals surface area (Å²) in [7, 11) is 0. The first-order valence-corrected chi connectivity index (χ1v) is 14.1. The van der Waals surface area contributed by atoms with Crippen LogP contribution in [-0.4, -0.2) is 26.4 Å². The van der Waals surface area contributed by atoms with Gasteiger partial charge in [0, 0.05) is 0 Å². The van der Waals surface area contributed by atoms with Crippen molar-refractivity contribution >= 4 is 0 Å². The molecule has 0 spiro atoms. The molecule has 0 N–H and O–H groups in total. The predicted molar refractivity (Wildman–Crippen MR) is 152 cm³/mol. The second-order valence-electron chi connectivity index (χ2n) is 10.6. The van der Waals surface area contributed by atoms with Crippen LogP contribution in [0.1, 0.15) is 81.1 Å².